The summed E-state index contributed by atoms with van der Waals surface area (Å²) in [6.07, 6.45) is 0.881. The summed E-state index contributed by atoms with van der Waals surface area (Å²) in [5.41, 5.74) is 2.81. The number of benzene rings is 1. The van der Waals surface area contributed by atoms with Gasteiger partial charge in [-0.3, -0.25) is 5.01 Å². The van der Waals surface area contributed by atoms with Crippen LogP contribution in [0.15, 0.2) is 42.6 Å². The van der Waals surface area contributed by atoms with Gasteiger partial charge in [0, 0.05) is 18.8 Å². The minimum atomic E-state index is -0.793. The van der Waals surface area contributed by atoms with Crippen LogP contribution in [0.3, 0.4) is 0 Å². The fourth-order valence-electron chi connectivity index (χ4n) is 2.38. The molecular formula is C19H23N5O2. The van der Waals surface area contributed by atoms with E-state index in [2.05, 4.69) is 15.4 Å². The molecule has 1 aromatic carbocycles. The van der Waals surface area contributed by atoms with Gasteiger partial charge in [0.25, 0.3) is 0 Å². The lowest BCUT2D eigenvalue weighted by molar-refractivity contribution is 0.0357. The second kappa shape index (κ2) is 8.30. The Bertz CT molecular complexity index is 784. The average molecular weight is 353 g/mol. The van der Waals surface area contributed by atoms with Crippen molar-refractivity contribution in [3.8, 4) is 6.07 Å². The van der Waals surface area contributed by atoms with Crippen molar-refractivity contribution >= 4 is 11.9 Å². The molecule has 0 saturated heterocycles. The van der Waals surface area contributed by atoms with E-state index in [4.69, 9.17) is 10.00 Å². The summed E-state index contributed by atoms with van der Waals surface area (Å²) in [6.45, 7) is 8.18. The lowest BCUT2D eigenvalue weighted by Crippen LogP contribution is -2.47. The van der Waals surface area contributed by atoms with Crippen molar-refractivity contribution < 1.29 is 9.53 Å². The van der Waals surface area contributed by atoms with E-state index >= 15 is 0 Å². The number of hydrogen-bond acceptors (Lipinski definition) is 6. The van der Waals surface area contributed by atoms with Crippen LogP contribution in [0.1, 0.15) is 39.1 Å². The molecule has 1 amide bonds. The third-order valence-corrected chi connectivity index (χ3v) is 3.61. The Balaban J connectivity index is 2.15. The number of carbonyl (C=O) groups is 1. The second-order valence-corrected chi connectivity index (χ2v) is 6.73. The van der Waals surface area contributed by atoms with Gasteiger partial charge in [0.05, 0.1) is 0 Å². The van der Waals surface area contributed by atoms with Crippen LogP contribution in [0.2, 0.25) is 0 Å². The molecule has 7 heteroatoms. The number of nitriles is 1. The number of carbonyl (C=O) groups excluding carboxylic acids is 1. The molecule has 136 valence electrons. The molecule has 0 spiro atoms. The molecule has 1 aromatic heterocycles. The fraction of sp³-hybridized carbons (Fsp3) is 0.368. The number of hydrazine groups is 1. The minimum Gasteiger partial charge on any atom is -0.437 e. The zero-order valence-corrected chi connectivity index (χ0v) is 15.4. The minimum absolute atomic E-state index is 0.0380. The highest BCUT2D eigenvalue weighted by Gasteiger charge is 2.26. The predicted octanol–water partition coefficient (Wildman–Crippen LogP) is 3.39. The van der Waals surface area contributed by atoms with Gasteiger partial charge < -0.3 is 4.74 Å². The first kappa shape index (κ1) is 19.2. The Kier molecular flexibility index (Phi) is 6.12. The first-order valence-corrected chi connectivity index (χ1v) is 8.37. The first-order chi connectivity index (χ1) is 12.3. The van der Waals surface area contributed by atoms with E-state index in [1.165, 1.54) is 6.20 Å². The van der Waals surface area contributed by atoms with Gasteiger partial charge in [0.2, 0.25) is 5.82 Å². The number of hydrogen-bond donors (Lipinski definition) is 1. The maximum atomic E-state index is 12.5. The van der Waals surface area contributed by atoms with Crippen molar-refractivity contribution in [1.82, 2.24) is 15.4 Å². The van der Waals surface area contributed by atoms with Gasteiger partial charge in [0.1, 0.15) is 11.7 Å². The Morgan fingerprint density at radius 3 is 2.62 bits per heavy atom. The van der Waals surface area contributed by atoms with Crippen LogP contribution in [0.4, 0.5) is 10.6 Å². The zero-order chi connectivity index (χ0) is 19.2. The molecule has 0 fully saturated rings. The second-order valence-electron chi connectivity index (χ2n) is 6.73. The standard InChI is InChI=1S/C19H23N5O2/c1-14(2)13-24(17-10-11-21-16(12-20)22-17)23-18(25)26-19(3,4)15-8-6-5-7-9-15/h5-11,14H,13H2,1-4H3,(H,23,25). The molecule has 2 aromatic rings. The lowest BCUT2D eigenvalue weighted by Gasteiger charge is -2.30. The number of ether oxygens (including phenoxy) is 1. The van der Waals surface area contributed by atoms with E-state index in [0.717, 1.165) is 5.56 Å². The van der Waals surface area contributed by atoms with Crippen molar-refractivity contribution in [2.24, 2.45) is 5.92 Å². The lowest BCUT2D eigenvalue weighted by atomic mass is 9.98. The van der Waals surface area contributed by atoms with Crippen LogP contribution >= 0.6 is 0 Å². The predicted molar refractivity (Wildman–Crippen MR) is 98.0 cm³/mol. The molecule has 1 N–H and O–H groups in total. The summed E-state index contributed by atoms with van der Waals surface area (Å²) < 4.78 is 5.61. The summed E-state index contributed by atoms with van der Waals surface area (Å²) >= 11 is 0. The molecule has 7 nitrogen and oxygen atoms in total. The average Bonchev–Trinajstić information content (AvgIpc) is 2.61. The number of anilines is 1. The van der Waals surface area contributed by atoms with E-state index < -0.39 is 11.7 Å². The Hall–Kier alpha value is -3.14. The third kappa shape index (κ3) is 5.18. The monoisotopic (exact) mass is 353 g/mol. The van der Waals surface area contributed by atoms with Crippen LogP contribution in [0, 0.1) is 17.2 Å². The van der Waals surface area contributed by atoms with Crippen LogP contribution in [-0.4, -0.2) is 22.6 Å². The molecule has 0 bridgehead atoms. The maximum absolute atomic E-state index is 12.5. The van der Waals surface area contributed by atoms with E-state index in [9.17, 15) is 4.79 Å². The quantitative estimate of drug-likeness (QED) is 0.801. The molecule has 0 aliphatic carbocycles. The van der Waals surface area contributed by atoms with Crippen molar-refractivity contribution in [3.63, 3.8) is 0 Å². The molecular weight excluding hydrogens is 330 g/mol. The summed E-state index contributed by atoms with van der Waals surface area (Å²) in [5, 5.41) is 10.5. The van der Waals surface area contributed by atoms with Gasteiger partial charge in [-0.1, -0.05) is 44.2 Å². The number of amides is 1. The van der Waals surface area contributed by atoms with Gasteiger partial charge in [-0.2, -0.15) is 10.2 Å². The van der Waals surface area contributed by atoms with Gasteiger partial charge in [-0.15, -0.1) is 0 Å². The number of rotatable bonds is 6. The van der Waals surface area contributed by atoms with Crippen molar-refractivity contribution in [2.75, 3.05) is 11.6 Å². The van der Waals surface area contributed by atoms with Crippen molar-refractivity contribution in [2.45, 2.75) is 33.3 Å². The largest absolute Gasteiger partial charge is 0.437 e. The van der Waals surface area contributed by atoms with Gasteiger partial charge in [-0.05, 0) is 25.3 Å². The third-order valence-electron chi connectivity index (χ3n) is 3.61. The number of nitrogens with zero attached hydrogens (tertiary/aromatic N) is 4. The molecule has 0 unspecified atom stereocenters. The summed E-state index contributed by atoms with van der Waals surface area (Å²) in [4.78, 5) is 20.5. The Morgan fingerprint density at radius 1 is 1.31 bits per heavy atom. The first-order valence-electron chi connectivity index (χ1n) is 8.37. The van der Waals surface area contributed by atoms with E-state index in [1.54, 1.807) is 11.1 Å². The fourth-order valence-corrected chi connectivity index (χ4v) is 2.38. The molecule has 0 radical (unpaired) electrons. The normalized spacial score (nSPS) is 10.9. The molecule has 0 saturated carbocycles. The SMILES string of the molecule is CC(C)CN(NC(=O)OC(C)(C)c1ccccc1)c1ccnc(C#N)n1. The molecule has 0 aliphatic heterocycles. The Labute approximate surface area is 153 Å². The van der Waals surface area contributed by atoms with Crippen molar-refractivity contribution in [1.29, 1.82) is 5.26 Å². The zero-order valence-electron chi connectivity index (χ0n) is 15.4. The van der Waals surface area contributed by atoms with Crippen molar-refractivity contribution in [3.05, 3.63) is 54.0 Å². The summed E-state index contributed by atoms with van der Waals surface area (Å²) in [6, 6.07) is 13.0. The van der Waals surface area contributed by atoms with Crippen LogP contribution in [0.5, 0.6) is 0 Å². The maximum Gasteiger partial charge on any atom is 0.427 e. The van der Waals surface area contributed by atoms with E-state index in [-0.39, 0.29) is 11.7 Å². The number of aromatic nitrogens is 2. The smallest absolute Gasteiger partial charge is 0.427 e. The van der Waals surface area contributed by atoms with Gasteiger partial charge >= 0.3 is 6.09 Å². The Morgan fingerprint density at radius 2 is 2.00 bits per heavy atom. The number of nitrogens with one attached hydrogen (secondary N) is 1. The molecule has 2 rings (SSSR count). The van der Waals surface area contributed by atoms with Gasteiger partial charge in [0.15, 0.2) is 5.82 Å². The van der Waals surface area contributed by atoms with Crippen LogP contribution in [0.25, 0.3) is 0 Å². The highest BCUT2D eigenvalue weighted by atomic mass is 16.6. The van der Waals surface area contributed by atoms with E-state index in [0.29, 0.717) is 12.4 Å². The highest BCUT2D eigenvalue weighted by Crippen LogP contribution is 2.24. The van der Waals surface area contributed by atoms with Crippen LogP contribution in [-0.2, 0) is 10.3 Å². The van der Waals surface area contributed by atoms with E-state index in [1.807, 2.05) is 64.1 Å². The van der Waals surface area contributed by atoms with Gasteiger partial charge in [-0.25, -0.2) is 15.2 Å². The summed E-state index contributed by atoms with van der Waals surface area (Å²) in [7, 11) is 0. The topological polar surface area (TPSA) is 91.1 Å². The molecule has 1 heterocycles. The highest BCUT2D eigenvalue weighted by molar-refractivity contribution is 5.70. The molecule has 0 atom stereocenters. The molecule has 0 aliphatic rings. The van der Waals surface area contributed by atoms with Crippen LogP contribution < -0.4 is 10.4 Å². The molecule has 26 heavy (non-hydrogen) atoms. The summed E-state index contributed by atoms with van der Waals surface area (Å²) in [5.74, 6) is 0.716.